The number of nitrogens with zero attached hydrogens (tertiary/aromatic N) is 1. The van der Waals surface area contributed by atoms with Crippen LogP contribution in [0.4, 0.5) is 4.79 Å². The van der Waals surface area contributed by atoms with Gasteiger partial charge in [0.15, 0.2) is 0 Å². The van der Waals surface area contributed by atoms with Crippen molar-refractivity contribution in [3.05, 3.63) is 0 Å². The lowest BCUT2D eigenvalue weighted by Crippen LogP contribution is -2.47. The van der Waals surface area contributed by atoms with Crippen molar-refractivity contribution in [3.8, 4) is 0 Å². The van der Waals surface area contributed by atoms with Crippen LogP contribution in [-0.2, 0) is 19.1 Å². The highest BCUT2D eigenvalue weighted by atomic mass is 16.6. The lowest BCUT2D eigenvalue weighted by atomic mass is 10.0. The Morgan fingerprint density at radius 2 is 1.84 bits per heavy atom. The topological polar surface area (TPSA) is 93.1 Å². The largest absolute Gasteiger partial charge is 0.481 e. The normalized spacial score (nSPS) is 23.1. The zero-order chi connectivity index (χ0) is 14.8. The SMILES string of the molecule is COC(=O)C1C(C(=O)O)CCN1C(=O)OC(C)(C)C. The monoisotopic (exact) mass is 273 g/mol. The van der Waals surface area contributed by atoms with E-state index in [9.17, 15) is 14.4 Å². The molecule has 19 heavy (non-hydrogen) atoms. The van der Waals surface area contributed by atoms with Gasteiger partial charge in [-0.2, -0.15) is 0 Å². The molecule has 1 aliphatic rings. The van der Waals surface area contributed by atoms with Crippen molar-refractivity contribution in [1.82, 2.24) is 4.90 Å². The molecule has 0 aromatic carbocycles. The predicted octanol–water partition coefficient (Wildman–Crippen LogP) is 0.870. The third-order valence-electron chi connectivity index (χ3n) is 2.79. The van der Waals surface area contributed by atoms with E-state index in [1.54, 1.807) is 20.8 Å². The summed E-state index contributed by atoms with van der Waals surface area (Å²) < 4.78 is 9.73. The second kappa shape index (κ2) is 5.46. The molecule has 0 aliphatic carbocycles. The molecule has 7 nitrogen and oxygen atoms in total. The first-order valence-corrected chi connectivity index (χ1v) is 5.97. The maximum absolute atomic E-state index is 12.0. The minimum atomic E-state index is -1.13. The standard InChI is InChI=1S/C12H19NO6/c1-12(2,3)19-11(17)13-6-5-7(9(14)15)8(13)10(16)18-4/h7-8H,5-6H2,1-4H3,(H,14,15). The molecule has 1 aliphatic heterocycles. The number of carbonyl (C=O) groups is 3. The molecule has 0 aromatic rings. The Kier molecular flexibility index (Phi) is 4.39. The molecule has 1 saturated heterocycles. The van der Waals surface area contributed by atoms with Gasteiger partial charge in [-0.1, -0.05) is 0 Å². The number of likely N-dealkylation sites (tertiary alicyclic amines) is 1. The predicted molar refractivity (Wildman–Crippen MR) is 64.5 cm³/mol. The van der Waals surface area contributed by atoms with E-state index >= 15 is 0 Å². The smallest absolute Gasteiger partial charge is 0.411 e. The number of hydrogen-bond acceptors (Lipinski definition) is 5. The van der Waals surface area contributed by atoms with Gasteiger partial charge in [-0.3, -0.25) is 9.69 Å². The molecule has 0 radical (unpaired) electrons. The number of hydrogen-bond donors (Lipinski definition) is 1. The van der Waals surface area contributed by atoms with E-state index in [4.69, 9.17) is 9.84 Å². The van der Waals surface area contributed by atoms with Gasteiger partial charge in [-0.25, -0.2) is 9.59 Å². The summed E-state index contributed by atoms with van der Waals surface area (Å²) in [6.45, 7) is 5.25. The molecule has 0 saturated carbocycles. The van der Waals surface area contributed by atoms with Crippen molar-refractivity contribution in [1.29, 1.82) is 0 Å². The maximum Gasteiger partial charge on any atom is 0.411 e. The van der Waals surface area contributed by atoms with Gasteiger partial charge in [0.2, 0.25) is 0 Å². The Bertz CT molecular complexity index is 386. The fourth-order valence-corrected chi connectivity index (χ4v) is 1.99. The number of carboxylic acids is 1. The fraction of sp³-hybridized carbons (Fsp3) is 0.750. The van der Waals surface area contributed by atoms with Crippen molar-refractivity contribution in [3.63, 3.8) is 0 Å². The second-order valence-electron chi connectivity index (χ2n) is 5.38. The highest BCUT2D eigenvalue weighted by Gasteiger charge is 2.47. The molecule has 1 N–H and O–H groups in total. The zero-order valence-corrected chi connectivity index (χ0v) is 11.5. The highest BCUT2D eigenvalue weighted by molar-refractivity contribution is 5.88. The van der Waals surface area contributed by atoms with Crippen LogP contribution in [0.25, 0.3) is 0 Å². The Balaban J connectivity index is 2.91. The number of carbonyl (C=O) groups excluding carboxylic acids is 2. The number of amides is 1. The average Bonchev–Trinajstić information content (AvgIpc) is 2.70. The first kappa shape index (κ1) is 15.3. The van der Waals surface area contributed by atoms with Gasteiger partial charge in [-0.15, -0.1) is 0 Å². The number of methoxy groups -OCH3 is 1. The molecule has 108 valence electrons. The van der Waals surface area contributed by atoms with Crippen LogP contribution in [-0.4, -0.2) is 53.3 Å². The van der Waals surface area contributed by atoms with Crippen LogP contribution in [0.2, 0.25) is 0 Å². The first-order chi connectivity index (χ1) is 8.67. The molecule has 0 bridgehead atoms. The van der Waals surface area contributed by atoms with E-state index in [0.29, 0.717) is 0 Å². The molecule has 0 spiro atoms. The summed E-state index contributed by atoms with van der Waals surface area (Å²) in [5.41, 5.74) is -0.709. The Morgan fingerprint density at radius 3 is 2.26 bits per heavy atom. The molecule has 1 fully saturated rings. The molecule has 2 atom stereocenters. The zero-order valence-electron chi connectivity index (χ0n) is 11.5. The lowest BCUT2D eigenvalue weighted by molar-refractivity contribution is -0.153. The summed E-state index contributed by atoms with van der Waals surface area (Å²) in [5.74, 6) is -2.82. The Labute approximate surface area is 111 Å². The van der Waals surface area contributed by atoms with Gasteiger partial charge >= 0.3 is 18.0 Å². The first-order valence-electron chi connectivity index (χ1n) is 5.97. The minimum Gasteiger partial charge on any atom is -0.481 e. The van der Waals surface area contributed by atoms with Crippen molar-refractivity contribution in [2.45, 2.75) is 38.8 Å². The van der Waals surface area contributed by atoms with E-state index < -0.39 is 35.6 Å². The van der Waals surface area contributed by atoms with Gasteiger partial charge in [0.25, 0.3) is 0 Å². The van der Waals surface area contributed by atoms with Crippen molar-refractivity contribution >= 4 is 18.0 Å². The summed E-state index contributed by atoms with van der Waals surface area (Å²) in [5, 5.41) is 9.07. The van der Waals surface area contributed by atoms with E-state index in [1.807, 2.05) is 0 Å². The molecule has 7 heteroatoms. The van der Waals surface area contributed by atoms with Crippen molar-refractivity contribution < 1.29 is 29.0 Å². The molecular weight excluding hydrogens is 254 g/mol. The average molecular weight is 273 g/mol. The van der Waals surface area contributed by atoms with Crippen LogP contribution < -0.4 is 0 Å². The Morgan fingerprint density at radius 1 is 1.26 bits per heavy atom. The highest BCUT2D eigenvalue weighted by Crippen LogP contribution is 2.27. The third kappa shape index (κ3) is 3.59. The summed E-state index contributed by atoms with van der Waals surface area (Å²) in [6.07, 6.45) is -0.499. The van der Waals surface area contributed by atoms with Crippen molar-refractivity contribution in [2.24, 2.45) is 5.92 Å². The number of ether oxygens (including phenoxy) is 2. The Hall–Kier alpha value is -1.79. The van der Waals surface area contributed by atoms with Crippen LogP contribution in [0.5, 0.6) is 0 Å². The minimum absolute atomic E-state index is 0.158. The third-order valence-corrected chi connectivity index (χ3v) is 2.79. The summed E-state index contributed by atoms with van der Waals surface area (Å²) in [7, 11) is 1.16. The second-order valence-corrected chi connectivity index (χ2v) is 5.38. The molecule has 0 aromatic heterocycles. The summed E-state index contributed by atoms with van der Waals surface area (Å²) in [6, 6.07) is -1.13. The molecule has 2 unspecified atom stereocenters. The quantitative estimate of drug-likeness (QED) is 0.750. The number of aliphatic carboxylic acids is 1. The molecule has 1 amide bonds. The van der Waals surface area contributed by atoms with Crippen molar-refractivity contribution in [2.75, 3.05) is 13.7 Å². The number of carboxylic acid groups (broad SMARTS) is 1. The van der Waals surface area contributed by atoms with Crippen LogP contribution >= 0.6 is 0 Å². The van der Waals surface area contributed by atoms with Gasteiger partial charge in [0, 0.05) is 6.54 Å². The van der Waals surface area contributed by atoms with Gasteiger partial charge < -0.3 is 14.6 Å². The lowest BCUT2D eigenvalue weighted by Gasteiger charge is -2.28. The fourth-order valence-electron chi connectivity index (χ4n) is 1.99. The van der Waals surface area contributed by atoms with Gasteiger partial charge in [-0.05, 0) is 27.2 Å². The summed E-state index contributed by atoms with van der Waals surface area (Å²) in [4.78, 5) is 35.9. The molecule has 1 rings (SSSR count). The van der Waals surface area contributed by atoms with E-state index in [0.717, 1.165) is 12.0 Å². The van der Waals surface area contributed by atoms with E-state index in [-0.39, 0.29) is 13.0 Å². The van der Waals surface area contributed by atoms with Crippen LogP contribution in [0.15, 0.2) is 0 Å². The maximum atomic E-state index is 12.0. The number of rotatable bonds is 2. The molecular formula is C12H19NO6. The van der Waals surface area contributed by atoms with Crippen LogP contribution in [0, 0.1) is 5.92 Å². The van der Waals surface area contributed by atoms with Gasteiger partial charge in [0.1, 0.15) is 11.6 Å². The van der Waals surface area contributed by atoms with E-state index in [2.05, 4.69) is 4.74 Å². The van der Waals surface area contributed by atoms with E-state index in [1.165, 1.54) is 0 Å². The van der Waals surface area contributed by atoms with Crippen LogP contribution in [0.1, 0.15) is 27.2 Å². The summed E-state index contributed by atoms with van der Waals surface area (Å²) >= 11 is 0. The molecule has 1 heterocycles. The number of esters is 1. The van der Waals surface area contributed by atoms with Gasteiger partial charge in [0.05, 0.1) is 13.0 Å². The van der Waals surface area contributed by atoms with Crippen LogP contribution in [0.3, 0.4) is 0 Å².